The number of hydrogen-bond donors (Lipinski definition) is 0. The average Bonchev–Trinajstić information content (AvgIpc) is 1.91. The highest BCUT2D eigenvalue weighted by atomic mass is 127. The smallest absolute Gasteiger partial charge is 0.157 e. The Morgan fingerprint density at radius 3 is 2.57 bits per heavy atom. The minimum atomic E-state index is 0.633. The first kappa shape index (κ1) is 5.42. The first-order valence-electron chi connectivity index (χ1n) is 1.41. The van der Waals surface area contributed by atoms with E-state index in [1.807, 2.05) is 22.9 Å². The molecular formula is CBrIN4. The lowest BCUT2D eigenvalue weighted by Gasteiger charge is -1.75. The molecule has 0 bridgehead atoms. The number of aromatic nitrogens is 4. The van der Waals surface area contributed by atoms with Crippen LogP contribution in [0.3, 0.4) is 0 Å². The maximum atomic E-state index is 3.53. The Balaban J connectivity index is 3.12. The van der Waals surface area contributed by atoms with Gasteiger partial charge in [0.1, 0.15) is 0 Å². The number of nitrogens with zero attached hydrogens (tertiary/aromatic N) is 4. The highest BCUT2D eigenvalue weighted by molar-refractivity contribution is 14.1. The van der Waals surface area contributed by atoms with Crippen molar-refractivity contribution in [3.8, 4) is 0 Å². The summed E-state index contributed by atoms with van der Waals surface area (Å²) < 4.78 is 2.13. The summed E-state index contributed by atoms with van der Waals surface area (Å²) in [6.45, 7) is 0. The second-order valence-corrected chi connectivity index (χ2v) is 2.43. The van der Waals surface area contributed by atoms with Crippen LogP contribution >= 0.6 is 38.8 Å². The normalized spacial score (nSPS) is 9.43. The van der Waals surface area contributed by atoms with Crippen LogP contribution in [0.15, 0.2) is 4.73 Å². The predicted molar refractivity (Wildman–Crippen MR) is 34.9 cm³/mol. The largest absolute Gasteiger partial charge is 0.227 e. The quantitative estimate of drug-likeness (QED) is 0.652. The summed E-state index contributed by atoms with van der Waals surface area (Å²) in [4.78, 5) is 0. The Hall–Kier alpha value is 0.280. The van der Waals surface area contributed by atoms with E-state index < -0.39 is 0 Å². The monoisotopic (exact) mass is 274 g/mol. The zero-order valence-electron chi connectivity index (χ0n) is 3.04. The Bertz CT molecular complexity index is 144. The Labute approximate surface area is 61.9 Å². The van der Waals surface area contributed by atoms with E-state index in [-0.39, 0.29) is 0 Å². The van der Waals surface area contributed by atoms with Crippen LogP contribution in [0.2, 0.25) is 0 Å². The summed E-state index contributed by atoms with van der Waals surface area (Å²) in [5.74, 6) is 0. The van der Waals surface area contributed by atoms with Crippen LogP contribution in [0.5, 0.6) is 0 Å². The molecule has 1 aromatic rings. The van der Waals surface area contributed by atoms with Crippen LogP contribution in [0, 0.1) is 0 Å². The van der Waals surface area contributed by atoms with Crippen LogP contribution in [0.4, 0.5) is 0 Å². The molecule has 0 aliphatic heterocycles. The van der Waals surface area contributed by atoms with Gasteiger partial charge in [0.2, 0.25) is 4.73 Å². The fourth-order valence-corrected chi connectivity index (χ4v) is 0.490. The summed E-state index contributed by atoms with van der Waals surface area (Å²) in [5, 5.41) is 10.4. The third-order valence-corrected chi connectivity index (χ3v) is 2.21. The Morgan fingerprint density at radius 1 is 1.71 bits per heavy atom. The van der Waals surface area contributed by atoms with E-state index in [0.717, 1.165) is 0 Å². The van der Waals surface area contributed by atoms with E-state index in [1.165, 1.54) is 2.90 Å². The molecule has 0 aliphatic carbocycles. The summed E-state index contributed by atoms with van der Waals surface area (Å²) in [6, 6.07) is 0. The molecule has 0 saturated heterocycles. The fraction of sp³-hybridized carbons (Fsp3) is 0. The maximum Gasteiger partial charge on any atom is 0.227 e. The number of rotatable bonds is 0. The molecule has 38 valence electrons. The molecule has 1 heterocycles. The van der Waals surface area contributed by atoms with Gasteiger partial charge in [0, 0.05) is 0 Å². The lowest BCUT2D eigenvalue weighted by atomic mass is 11.4. The topological polar surface area (TPSA) is 43.6 Å². The molecule has 0 fully saturated rings. The molecule has 0 amide bonds. The van der Waals surface area contributed by atoms with Gasteiger partial charge >= 0.3 is 0 Å². The van der Waals surface area contributed by atoms with Crippen LogP contribution in [0.1, 0.15) is 0 Å². The second kappa shape index (κ2) is 2.03. The third kappa shape index (κ3) is 1.09. The number of halogens is 2. The van der Waals surface area contributed by atoms with Gasteiger partial charge < -0.3 is 0 Å². The van der Waals surface area contributed by atoms with E-state index in [1.54, 1.807) is 0 Å². The van der Waals surface area contributed by atoms with Crippen molar-refractivity contribution in [1.82, 2.24) is 18.4 Å². The maximum absolute atomic E-state index is 3.53. The zero-order chi connectivity index (χ0) is 5.28. The zero-order valence-corrected chi connectivity index (χ0v) is 6.79. The van der Waals surface area contributed by atoms with Gasteiger partial charge in [0.15, 0.2) is 0 Å². The van der Waals surface area contributed by atoms with Gasteiger partial charge in [-0.1, -0.05) is 0 Å². The van der Waals surface area contributed by atoms with Gasteiger partial charge in [0.05, 0.1) is 22.9 Å². The molecular weight excluding hydrogens is 275 g/mol. The van der Waals surface area contributed by atoms with Crippen molar-refractivity contribution in [3.05, 3.63) is 4.73 Å². The van der Waals surface area contributed by atoms with Crippen molar-refractivity contribution in [3.63, 3.8) is 0 Å². The van der Waals surface area contributed by atoms with Crippen molar-refractivity contribution in [2.75, 3.05) is 0 Å². The van der Waals surface area contributed by atoms with Crippen LogP contribution in [-0.4, -0.2) is 18.4 Å². The first-order valence-corrected chi connectivity index (χ1v) is 3.16. The molecule has 0 radical (unpaired) electrons. The van der Waals surface area contributed by atoms with E-state index in [9.17, 15) is 0 Å². The molecule has 0 aromatic carbocycles. The standard InChI is InChI=1S/CBrIN4/c2-1-4-5-6-7(1)3. The summed E-state index contributed by atoms with van der Waals surface area (Å²) in [7, 11) is 0. The SMILES string of the molecule is Brc1nnnn1I. The van der Waals surface area contributed by atoms with Crippen molar-refractivity contribution < 1.29 is 0 Å². The van der Waals surface area contributed by atoms with Crippen molar-refractivity contribution in [2.45, 2.75) is 0 Å². The number of hydrogen-bond acceptors (Lipinski definition) is 3. The molecule has 6 heteroatoms. The van der Waals surface area contributed by atoms with Crippen molar-refractivity contribution >= 4 is 38.8 Å². The van der Waals surface area contributed by atoms with Gasteiger partial charge in [-0.2, -0.15) is 2.90 Å². The van der Waals surface area contributed by atoms with Crippen LogP contribution in [-0.2, 0) is 0 Å². The molecule has 0 unspecified atom stereocenters. The molecule has 7 heavy (non-hydrogen) atoms. The fourth-order valence-electron chi connectivity index (χ4n) is 0.166. The van der Waals surface area contributed by atoms with E-state index >= 15 is 0 Å². The summed E-state index contributed by atoms with van der Waals surface area (Å²) in [6.07, 6.45) is 0. The highest BCUT2D eigenvalue weighted by Gasteiger charge is 1.92. The molecule has 1 rings (SSSR count). The molecule has 0 atom stereocenters. The average molecular weight is 275 g/mol. The van der Waals surface area contributed by atoms with Gasteiger partial charge in [-0.05, 0) is 26.4 Å². The van der Waals surface area contributed by atoms with Crippen LogP contribution < -0.4 is 0 Å². The van der Waals surface area contributed by atoms with Crippen molar-refractivity contribution in [1.29, 1.82) is 0 Å². The molecule has 0 spiro atoms. The van der Waals surface area contributed by atoms with Gasteiger partial charge in [0.25, 0.3) is 0 Å². The number of tetrazole rings is 1. The van der Waals surface area contributed by atoms with E-state index in [0.29, 0.717) is 4.73 Å². The van der Waals surface area contributed by atoms with Crippen LogP contribution in [0.25, 0.3) is 0 Å². The minimum Gasteiger partial charge on any atom is -0.157 e. The first-order chi connectivity index (χ1) is 3.30. The molecule has 1 aromatic heterocycles. The van der Waals surface area contributed by atoms with E-state index in [2.05, 4.69) is 31.5 Å². The lowest BCUT2D eigenvalue weighted by molar-refractivity contribution is 0.870. The van der Waals surface area contributed by atoms with Gasteiger partial charge in [-0.15, -0.1) is 5.10 Å². The van der Waals surface area contributed by atoms with Gasteiger partial charge in [-0.25, -0.2) is 0 Å². The molecule has 4 nitrogen and oxygen atoms in total. The summed E-state index contributed by atoms with van der Waals surface area (Å²) >= 11 is 5.04. The Morgan fingerprint density at radius 2 is 2.43 bits per heavy atom. The molecule has 0 N–H and O–H groups in total. The van der Waals surface area contributed by atoms with Crippen molar-refractivity contribution in [2.24, 2.45) is 0 Å². The summed E-state index contributed by atoms with van der Waals surface area (Å²) in [5.41, 5.74) is 0. The second-order valence-electron chi connectivity index (χ2n) is 0.808. The molecule has 0 aliphatic rings. The van der Waals surface area contributed by atoms with E-state index in [4.69, 9.17) is 0 Å². The predicted octanol–water partition coefficient (Wildman–Crippen LogP) is 0.634. The molecule has 0 saturated carbocycles. The highest BCUT2D eigenvalue weighted by Crippen LogP contribution is 2.03. The minimum absolute atomic E-state index is 0.633. The lowest BCUT2D eigenvalue weighted by Crippen LogP contribution is -1.78. The van der Waals surface area contributed by atoms with Gasteiger partial charge in [-0.3, -0.25) is 0 Å². The Kier molecular flexibility index (Phi) is 1.57. The third-order valence-electron chi connectivity index (χ3n) is 0.398.